The van der Waals surface area contributed by atoms with Gasteiger partial charge in [0.1, 0.15) is 12.4 Å². The molecule has 0 aromatic heterocycles. The van der Waals surface area contributed by atoms with Gasteiger partial charge in [0.2, 0.25) is 0 Å². The molecule has 0 aliphatic carbocycles. The van der Waals surface area contributed by atoms with Crippen LogP contribution in [0.15, 0.2) is 23.2 Å². The van der Waals surface area contributed by atoms with Crippen molar-refractivity contribution in [3.63, 3.8) is 0 Å². The van der Waals surface area contributed by atoms with Crippen molar-refractivity contribution in [2.75, 3.05) is 66.6 Å². The lowest BCUT2D eigenvalue weighted by molar-refractivity contribution is 0.107. The Bertz CT molecular complexity index is 636. The molecule has 0 spiro atoms. The number of rotatable bonds is 10. The zero-order valence-electron chi connectivity index (χ0n) is 19.2. The van der Waals surface area contributed by atoms with Crippen LogP contribution >= 0.6 is 24.0 Å². The monoisotopic (exact) mass is 533 g/mol. The van der Waals surface area contributed by atoms with Crippen LogP contribution in [0.2, 0.25) is 0 Å². The Morgan fingerprint density at radius 3 is 2.53 bits per heavy atom. The van der Waals surface area contributed by atoms with Gasteiger partial charge in [-0.2, -0.15) is 0 Å². The fourth-order valence-corrected chi connectivity index (χ4v) is 3.47. The van der Waals surface area contributed by atoms with Crippen molar-refractivity contribution in [2.45, 2.75) is 33.4 Å². The maximum atomic E-state index is 5.88. The number of hydrogen-bond donors (Lipinski definition) is 2. The van der Waals surface area contributed by atoms with Gasteiger partial charge in [0.15, 0.2) is 5.96 Å². The molecule has 2 rings (SSSR count). The lowest BCUT2D eigenvalue weighted by Crippen LogP contribution is -2.53. The summed E-state index contributed by atoms with van der Waals surface area (Å²) in [6.07, 6.45) is 0. The molecule has 0 bridgehead atoms. The fourth-order valence-electron chi connectivity index (χ4n) is 3.47. The van der Waals surface area contributed by atoms with Gasteiger partial charge in [0, 0.05) is 65.0 Å². The van der Waals surface area contributed by atoms with Crippen molar-refractivity contribution in [2.24, 2.45) is 4.99 Å². The summed E-state index contributed by atoms with van der Waals surface area (Å²) in [7, 11) is 3.49. The molecule has 0 radical (unpaired) electrons. The largest absolute Gasteiger partial charge is 0.491 e. The van der Waals surface area contributed by atoms with Crippen molar-refractivity contribution >= 4 is 29.9 Å². The normalized spacial score (nSPS) is 16.6. The molecule has 8 heteroatoms. The molecular weight excluding hydrogens is 493 g/mol. The second kappa shape index (κ2) is 14.8. The average molecular weight is 533 g/mol. The van der Waals surface area contributed by atoms with Gasteiger partial charge in [0.05, 0.1) is 6.61 Å². The van der Waals surface area contributed by atoms with E-state index >= 15 is 0 Å². The van der Waals surface area contributed by atoms with Gasteiger partial charge in [-0.05, 0) is 32.0 Å². The van der Waals surface area contributed by atoms with Crippen molar-refractivity contribution in [1.29, 1.82) is 0 Å². The number of nitrogens with one attached hydrogen (secondary N) is 2. The van der Waals surface area contributed by atoms with Gasteiger partial charge in [0.25, 0.3) is 0 Å². The first-order valence-corrected chi connectivity index (χ1v) is 10.7. The van der Waals surface area contributed by atoms with E-state index in [0.29, 0.717) is 25.8 Å². The van der Waals surface area contributed by atoms with Crippen molar-refractivity contribution in [1.82, 2.24) is 20.4 Å². The molecule has 2 N–H and O–H groups in total. The predicted molar refractivity (Wildman–Crippen MR) is 135 cm³/mol. The van der Waals surface area contributed by atoms with E-state index in [1.54, 1.807) is 7.11 Å². The molecule has 1 aromatic rings. The van der Waals surface area contributed by atoms with E-state index in [1.807, 2.05) is 7.05 Å². The van der Waals surface area contributed by atoms with E-state index in [1.165, 1.54) is 5.56 Å². The highest BCUT2D eigenvalue weighted by molar-refractivity contribution is 14.0. The maximum Gasteiger partial charge on any atom is 0.191 e. The van der Waals surface area contributed by atoms with E-state index in [2.05, 4.69) is 64.4 Å². The summed E-state index contributed by atoms with van der Waals surface area (Å²) >= 11 is 0. The minimum absolute atomic E-state index is 0. The standard InChI is InChI=1S/C22H39N5O2.HI/c1-6-26-9-11-27(12-10-26)19(3)16-24-22(23-4)25-17-20-8-7-18(2)15-21(20)29-14-13-28-5;/h7-8,15,19H,6,9-14,16-17H2,1-5H3,(H2,23,24,25);1H. The van der Waals surface area contributed by atoms with Gasteiger partial charge in [-0.1, -0.05) is 19.1 Å². The van der Waals surface area contributed by atoms with Gasteiger partial charge < -0.3 is 25.0 Å². The van der Waals surface area contributed by atoms with E-state index in [4.69, 9.17) is 9.47 Å². The first-order valence-electron chi connectivity index (χ1n) is 10.7. The second-order valence-electron chi connectivity index (χ2n) is 7.58. The number of hydrogen-bond acceptors (Lipinski definition) is 5. The second-order valence-corrected chi connectivity index (χ2v) is 7.58. The molecule has 1 aliphatic heterocycles. The van der Waals surface area contributed by atoms with Crippen LogP contribution in [0, 0.1) is 6.92 Å². The van der Waals surface area contributed by atoms with E-state index in [0.717, 1.165) is 56.5 Å². The van der Waals surface area contributed by atoms with Crippen molar-refractivity contribution in [3.8, 4) is 5.75 Å². The molecule has 172 valence electrons. The Balaban J connectivity index is 0.00000450. The SMILES string of the molecule is CCN1CCN(C(C)CNC(=NC)NCc2ccc(C)cc2OCCOC)CC1.I. The number of ether oxygens (including phenoxy) is 2. The van der Waals surface area contributed by atoms with Crippen molar-refractivity contribution < 1.29 is 9.47 Å². The molecule has 1 unspecified atom stereocenters. The van der Waals surface area contributed by atoms with Crippen LogP contribution < -0.4 is 15.4 Å². The van der Waals surface area contributed by atoms with Crippen LogP contribution in [0.3, 0.4) is 0 Å². The highest BCUT2D eigenvalue weighted by Crippen LogP contribution is 2.20. The van der Waals surface area contributed by atoms with Crippen LogP contribution in [0.5, 0.6) is 5.75 Å². The number of halogens is 1. The Hall–Kier alpha value is -1.10. The molecule has 30 heavy (non-hydrogen) atoms. The summed E-state index contributed by atoms with van der Waals surface area (Å²) in [5.41, 5.74) is 2.29. The average Bonchev–Trinajstić information content (AvgIpc) is 2.75. The molecule has 1 aliphatic rings. The minimum Gasteiger partial charge on any atom is -0.491 e. The van der Waals surface area contributed by atoms with Crippen LogP contribution in [0.4, 0.5) is 0 Å². The molecule has 0 saturated carbocycles. The number of aliphatic imine (C=N–C) groups is 1. The third-order valence-corrected chi connectivity index (χ3v) is 5.48. The number of benzene rings is 1. The van der Waals surface area contributed by atoms with Crippen LogP contribution in [-0.2, 0) is 11.3 Å². The zero-order chi connectivity index (χ0) is 21.1. The molecule has 7 nitrogen and oxygen atoms in total. The van der Waals surface area contributed by atoms with Crippen molar-refractivity contribution in [3.05, 3.63) is 29.3 Å². The molecular formula is C22H40IN5O2. The van der Waals surface area contributed by atoms with E-state index in [9.17, 15) is 0 Å². The predicted octanol–water partition coefficient (Wildman–Crippen LogP) is 2.33. The van der Waals surface area contributed by atoms with Gasteiger partial charge in [-0.15, -0.1) is 24.0 Å². The van der Waals surface area contributed by atoms with Crippen LogP contribution in [0.1, 0.15) is 25.0 Å². The molecule has 1 fully saturated rings. The summed E-state index contributed by atoms with van der Waals surface area (Å²) in [5.74, 6) is 1.71. The molecule has 1 heterocycles. The molecule has 0 amide bonds. The van der Waals surface area contributed by atoms with Gasteiger partial charge >= 0.3 is 0 Å². The Morgan fingerprint density at radius 2 is 1.90 bits per heavy atom. The Kier molecular flexibility index (Phi) is 13.3. The fraction of sp³-hybridized carbons (Fsp3) is 0.682. The Morgan fingerprint density at radius 1 is 1.17 bits per heavy atom. The summed E-state index contributed by atoms with van der Waals surface area (Å²) in [4.78, 5) is 9.43. The lowest BCUT2D eigenvalue weighted by atomic mass is 10.1. The topological polar surface area (TPSA) is 61.4 Å². The summed E-state index contributed by atoms with van der Waals surface area (Å²) < 4.78 is 11.0. The maximum absolute atomic E-state index is 5.88. The third kappa shape index (κ3) is 8.95. The summed E-state index contributed by atoms with van der Waals surface area (Å²) in [5, 5.41) is 6.88. The number of aryl methyl sites for hydroxylation is 1. The highest BCUT2D eigenvalue weighted by Gasteiger charge is 2.20. The molecule has 1 aromatic carbocycles. The van der Waals surface area contributed by atoms with Gasteiger partial charge in [-0.25, -0.2) is 0 Å². The van der Waals surface area contributed by atoms with Gasteiger partial charge in [-0.3, -0.25) is 9.89 Å². The number of likely N-dealkylation sites (N-methyl/N-ethyl adjacent to an activating group) is 1. The zero-order valence-corrected chi connectivity index (χ0v) is 21.6. The number of methoxy groups -OCH3 is 1. The Labute approximate surface area is 199 Å². The minimum atomic E-state index is 0. The van der Waals surface area contributed by atoms with Crippen LogP contribution in [-0.4, -0.2) is 88.4 Å². The summed E-state index contributed by atoms with van der Waals surface area (Å²) in [6.45, 7) is 15.0. The highest BCUT2D eigenvalue weighted by atomic mass is 127. The lowest BCUT2D eigenvalue weighted by Gasteiger charge is -2.37. The number of guanidine groups is 1. The molecule has 1 atom stereocenters. The summed E-state index contributed by atoms with van der Waals surface area (Å²) in [6, 6.07) is 6.75. The number of nitrogens with zero attached hydrogens (tertiary/aromatic N) is 3. The van der Waals surface area contributed by atoms with E-state index in [-0.39, 0.29) is 24.0 Å². The van der Waals surface area contributed by atoms with E-state index < -0.39 is 0 Å². The first kappa shape index (κ1) is 26.9. The number of piperazine rings is 1. The van der Waals surface area contributed by atoms with Crippen LogP contribution in [0.25, 0.3) is 0 Å². The smallest absolute Gasteiger partial charge is 0.191 e. The first-order chi connectivity index (χ1) is 14.1. The third-order valence-electron chi connectivity index (χ3n) is 5.48. The molecule has 1 saturated heterocycles. The quantitative estimate of drug-likeness (QED) is 0.209.